The summed E-state index contributed by atoms with van der Waals surface area (Å²) in [5.74, 6) is 2.95. The van der Waals surface area contributed by atoms with E-state index >= 15 is 0 Å². The molecule has 0 aromatic carbocycles. The molecule has 1 atom stereocenters. The number of amides is 1. The fraction of sp³-hybridized carbons (Fsp3) is 0.750. The summed E-state index contributed by atoms with van der Waals surface area (Å²) in [5, 5.41) is 3.03. The summed E-state index contributed by atoms with van der Waals surface area (Å²) in [5.41, 5.74) is 1.15. The van der Waals surface area contributed by atoms with E-state index in [0.29, 0.717) is 18.4 Å². The highest BCUT2D eigenvalue weighted by Gasteiger charge is 2.25. The number of piperidine rings is 1. The number of aryl methyl sites for hydroxylation is 1. The summed E-state index contributed by atoms with van der Waals surface area (Å²) in [7, 11) is 0. The largest absolute Gasteiger partial charge is 0.357 e. The number of anilines is 1. The third-order valence-corrected chi connectivity index (χ3v) is 5.27. The van der Waals surface area contributed by atoms with Crippen LogP contribution in [0.15, 0.2) is 6.07 Å². The molecule has 2 aliphatic heterocycles. The number of aromatic nitrogens is 2. The van der Waals surface area contributed by atoms with Crippen molar-refractivity contribution in [3.8, 4) is 0 Å². The van der Waals surface area contributed by atoms with Gasteiger partial charge in [-0.25, -0.2) is 9.97 Å². The van der Waals surface area contributed by atoms with Crippen LogP contribution in [0, 0.1) is 12.8 Å². The zero-order valence-electron chi connectivity index (χ0n) is 16.5. The van der Waals surface area contributed by atoms with Crippen LogP contribution in [0.5, 0.6) is 0 Å². The molecule has 6 nitrogen and oxygen atoms in total. The van der Waals surface area contributed by atoms with E-state index in [0.717, 1.165) is 62.9 Å². The zero-order chi connectivity index (χ0) is 18.5. The highest BCUT2D eigenvalue weighted by atomic mass is 16.2. The van der Waals surface area contributed by atoms with Gasteiger partial charge < -0.3 is 10.2 Å². The number of carbonyl (C=O) groups excluding carboxylic acids is 1. The van der Waals surface area contributed by atoms with Crippen LogP contribution >= 0.6 is 0 Å². The monoisotopic (exact) mass is 359 g/mol. The van der Waals surface area contributed by atoms with Gasteiger partial charge in [-0.2, -0.15) is 0 Å². The Balaban J connectivity index is 1.62. The smallest absolute Gasteiger partial charge is 0.234 e. The predicted molar refractivity (Wildman–Crippen MR) is 104 cm³/mol. The minimum atomic E-state index is 0.135. The maximum atomic E-state index is 12.2. The van der Waals surface area contributed by atoms with E-state index < -0.39 is 0 Å². The number of hydrogen-bond donors (Lipinski definition) is 1. The van der Waals surface area contributed by atoms with Crippen LogP contribution in [0.2, 0.25) is 0 Å². The Morgan fingerprint density at radius 2 is 2.00 bits per heavy atom. The molecule has 0 saturated carbocycles. The van der Waals surface area contributed by atoms with E-state index in [1.54, 1.807) is 0 Å². The standard InChI is InChI=1S/C20H33N5O/c1-15(2)12-21-20(26)14-24-8-6-7-17(13-24)18-11-19(23-16(3)22-18)25-9-4-5-10-25/h11,15,17H,4-10,12-14H2,1-3H3,(H,21,26)/t17-/m0/s1. The van der Waals surface area contributed by atoms with Gasteiger partial charge in [0.1, 0.15) is 11.6 Å². The Kier molecular flexibility index (Phi) is 6.46. The van der Waals surface area contributed by atoms with Gasteiger partial charge in [-0.05, 0) is 45.1 Å². The molecule has 1 amide bonds. The maximum Gasteiger partial charge on any atom is 0.234 e. The van der Waals surface area contributed by atoms with Gasteiger partial charge in [0.25, 0.3) is 0 Å². The number of hydrogen-bond acceptors (Lipinski definition) is 5. The normalized spacial score (nSPS) is 21.4. The first-order valence-electron chi connectivity index (χ1n) is 10.1. The molecule has 3 rings (SSSR count). The maximum absolute atomic E-state index is 12.2. The second-order valence-corrected chi connectivity index (χ2v) is 8.16. The molecule has 0 spiro atoms. The fourth-order valence-electron chi connectivity index (χ4n) is 3.91. The zero-order valence-corrected chi connectivity index (χ0v) is 16.5. The lowest BCUT2D eigenvalue weighted by molar-refractivity contribution is -0.122. The van der Waals surface area contributed by atoms with Gasteiger partial charge in [-0.15, -0.1) is 0 Å². The molecule has 1 aromatic rings. The molecule has 3 heterocycles. The summed E-state index contributed by atoms with van der Waals surface area (Å²) in [6.45, 7) is 11.6. The van der Waals surface area contributed by atoms with Gasteiger partial charge in [-0.1, -0.05) is 13.8 Å². The molecule has 0 radical (unpaired) electrons. The van der Waals surface area contributed by atoms with E-state index in [-0.39, 0.29) is 5.91 Å². The summed E-state index contributed by atoms with van der Waals surface area (Å²) >= 11 is 0. The molecule has 144 valence electrons. The van der Waals surface area contributed by atoms with Crippen molar-refractivity contribution >= 4 is 11.7 Å². The van der Waals surface area contributed by atoms with Crippen molar-refractivity contribution in [2.45, 2.75) is 52.4 Å². The first-order valence-corrected chi connectivity index (χ1v) is 10.1. The van der Waals surface area contributed by atoms with Gasteiger partial charge in [0, 0.05) is 38.2 Å². The first-order chi connectivity index (χ1) is 12.5. The topological polar surface area (TPSA) is 61.4 Å². The Hall–Kier alpha value is -1.69. The molecule has 0 aliphatic carbocycles. The molecule has 0 unspecified atom stereocenters. The van der Waals surface area contributed by atoms with Crippen LogP contribution in [-0.2, 0) is 4.79 Å². The molecule has 2 saturated heterocycles. The van der Waals surface area contributed by atoms with Gasteiger partial charge in [0.2, 0.25) is 5.91 Å². The van der Waals surface area contributed by atoms with E-state index in [1.807, 2.05) is 6.92 Å². The molecular weight excluding hydrogens is 326 g/mol. The van der Waals surface area contributed by atoms with E-state index in [9.17, 15) is 4.79 Å². The number of carbonyl (C=O) groups is 1. The molecule has 1 aromatic heterocycles. The lowest BCUT2D eigenvalue weighted by Gasteiger charge is -2.32. The lowest BCUT2D eigenvalue weighted by atomic mass is 9.94. The van der Waals surface area contributed by atoms with Gasteiger partial charge in [0.15, 0.2) is 0 Å². The van der Waals surface area contributed by atoms with Gasteiger partial charge in [-0.3, -0.25) is 9.69 Å². The quantitative estimate of drug-likeness (QED) is 0.845. The number of nitrogens with one attached hydrogen (secondary N) is 1. The highest BCUT2D eigenvalue weighted by molar-refractivity contribution is 5.78. The fourth-order valence-corrected chi connectivity index (χ4v) is 3.91. The van der Waals surface area contributed by atoms with Crippen LogP contribution in [0.4, 0.5) is 5.82 Å². The first kappa shape index (κ1) is 19.1. The molecule has 0 bridgehead atoms. The van der Waals surface area contributed by atoms with Crippen molar-refractivity contribution < 1.29 is 4.79 Å². The summed E-state index contributed by atoms with van der Waals surface area (Å²) in [6, 6.07) is 2.19. The van der Waals surface area contributed by atoms with Crippen LogP contribution in [-0.4, -0.2) is 60.0 Å². The number of nitrogens with zero attached hydrogens (tertiary/aromatic N) is 4. The van der Waals surface area contributed by atoms with Crippen molar-refractivity contribution in [1.29, 1.82) is 0 Å². The van der Waals surface area contributed by atoms with Crippen LogP contribution in [0.1, 0.15) is 57.0 Å². The van der Waals surface area contributed by atoms with Crippen molar-refractivity contribution in [1.82, 2.24) is 20.2 Å². The SMILES string of the molecule is Cc1nc([C@H]2CCCN(CC(=O)NCC(C)C)C2)cc(N2CCCC2)n1. The van der Waals surface area contributed by atoms with Crippen molar-refractivity contribution in [3.05, 3.63) is 17.6 Å². The second-order valence-electron chi connectivity index (χ2n) is 8.16. The molecular formula is C20H33N5O. The van der Waals surface area contributed by atoms with Crippen molar-refractivity contribution in [2.75, 3.05) is 44.2 Å². The number of rotatable bonds is 6. The summed E-state index contributed by atoms with van der Waals surface area (Å²) < 4.78 is 0. The minimum absolute atomic E-state index is 0.135. The Bertz CT molecular complexity index is 612. The molecule has 2 aliphatic rings. The molecule has 26 heavy (non-hydrogen) atoms. The summed E-state index contributed by atoms with van der Waals surface area (Å²) in [6.07, 6.45) is 4.76. The molecule has 1 N–H and O–H groups in total. The van der Waals surface area contributed by atoms with Crippen LogP contribution < -0.4 is 10.2 Å². The van der Waals surface area contributed by atoms with Gasteiger partial charge >= 0.3 is 0 Å². The Morgan fingerprint density at radius 1 is 1.23 bits per heavy atom. The minimum Gasteiger partial charge on any atom is -0.357 e. The number of likely N-dealkylation sites (tertiary alicyclic amines) is 1. The van der Waals surface area contributed by atoms with Crippen molar-refractivity contribution in [3.63, 3.8) is 0 Å². The van der Waals surface area contributed by atoms with Crippen LogP contribution in [0.3, 0.4) is 0 Å². The van der Waals surface area contributed by atoms with E-state index in [1.165, 1.54) is 12.8 Å². The molecule has 6 heteroatoms. The average molecular weight is 360 g/mol. The lowest BCUT2D eigenvalue weighted by Crippen LogP contribution is -2.42. The predicted octanol–water partition coefficient (Wildman–Crippen LogP) is 2.34. The molecule has 2 fully saturated rings. The van der Waals surface area contributed by atoms with Crippen molar-refractivity contribution in [2.24, 2.45) is 5.92 Å². The Morgan fingerprint density at radius 3 is 2.73 bits per heavy atom. The van der Waals surface area contributed by atoms with Crippen LogP contribution in [0.25, 0.3) is 0 Å². The average Bonchev–Trinajstić information content (AvgIpc) is 3.14. The third kappa shape index (κ3) is 5.16. The third-order valence-electron chi connectivity index (χ3n) is 5.27. The second kappa shape index (κ2) is 8.80. The van der Waals surface area contributed by atoms with Gasteiger partial charge in [0.05, 0.1) is 12.2 Å². The summed E-state index contributed by atoms with van der Waals surface area (Å²) in [4.78, 5) is 26.2. The van der Waals surface area contributed by atoms with E-state index in [2.05, 4.69) is 40.0 Å². The Labute approximate surface area is 157 Å². The van der Waals surface area contributed by atoms with E-state index in [4.69, 9.17) is 4.98 Å². The highest BCUT2D eigenvalue weighted by Crippen LogP contribution is 2.28.